The first-order valence-corrected chi connectivity index (χ1v) is 11.7. The van der Waals surface area contributed by atoms with E-state index in [1.54, 1.807) is 0 Å². The van der Waals surface area contributed by atoms with Crippen LogP contribution in [-0.4, -0.2) is 73.4 Å². The molecule has 0 bridgehead atoms. The summed E-state index contributed by atoms with van der Waals surface area (Å²) in [5.74, 6) is 0. The first-order valence-electron chi connectivity index (χ1n) is 3.91. The van der Waals surface area contributed by atoms with Crippen LogP contribution < -0.4 is 88.7 Å². The maximum absolute atomic E-state index is 8.88. The third-order valence-corrected chi connectivity index (χ3v) is 0. The molecule has 0 aromatic rings. The van der Waals surface area contributed by atoms with E-state index in [2.05, 4.69) is 0 Å². The zero-order chi connectivity index (χ0) is 22.5. The molecule has 166 valence electrons. The van der Waals surface area contributed by atoms with Crippen LogP contribution in [0.4, 0.5) is 0 Å². The molecular formula is H18Na3O20P5. The van der Waals surface area contributed by atoms with Gasteiger partial charge in [0.25, 0.3) is 0 Å². The van der Waals surface area contributed by atoms with Crippen molar-refractivity contribution in [2.45, 2.75) is 0 Å². The van der Waals surface area contributed by atoms with Crippen molar-refractivity contribution in [2.24, 2.45) is 0 Å². The molecule has 20 nitrogen and oxygen atoms in total. The van der Waals surface area contributed by atoms with E-state index in [1.165, 1.54) is 0 Å². The summed E-state index contributed by atoms with van der Waals surface area (Å²) >= 11 is 0. The molecule has 0 aliphatic carbocycles. The molecule has 0 rings (SSSR count). The fourth-order valence-corrected chi connectivity index (χ4v) is 0. The Morgan fingerprint density at radius 1 is 0.286 bits per heavy atom. The second-order valence-electron chi connectivity index (χ2n) is 2.57. The van der Waals surface area contributed by atoms with Crippen LogP contribution in [0.25, 0.3) is 0 Å². The van der Waals surface area contributed by atoms with Gasteiger partial charge in [0.1, 0.15) is 0 Å². The van der Waals surface area contributed by atoms with E-state index in [0.717, 1.165) is 0 Å². The van der Waals surface area contributed by atoms with Crippen LogP contribution in [-0.2, 0) is 22.8 Å². The van der Waals surface area contributed by atoms with E-state index in [4.69, 9.17) is 96.2 Å². The smallest absolute Gasteiger partial charge is 1.00 e. The summed E-state index contributed by atoms with van der Waals surface area (Å²) in [4.78, 5) is 108. The standard InChI is InChI=1S/3Na.5H3O4P.3H/c;;;5*1-5(2,3)4;;;/h;;;5*(H3,1,2,3,4);;;/q3*+1;;;;;;3*-1. The number of rotatable bonds is 0. The number of hydrogen-bond donors (Lipinski definition) is 15. The number of hydrogen-bond acceptors (Lipinski definition) is 5. The minimum Gasteiger partial charge on any atom is -1.00 e. The Bertz CT molecular complexity index is 393. The second-order valence-corrected chi connectivity index (χ2v) is 7.70. The van der Waals surface area contributed by atoms with Crippen LogP contribution in [0.2, 0.25) is 0 Å². The van der Waals surface area contributed by atoms with Crippen LogP contribution in [0.5, 0.6) is 0 Å². The largest absolute Gasteiger partial charge is 1.00 e. The molecule has 28 heteroatoms. The minimum atomic E-state index is -4.64. The van der Waals surface area contributed by atoms with Gasteiger partial charge in [-0.2, -0.15) is 0 Å². The van der Waals surface area contributed by atoms with E-state index in [9.17, 15) is 0 Å². The quantitative estimate of drug-likeness (QED) is 0.0962. The van der Waals surface area contributed by atoms with E-state index in [-0.39, 0.29) is 93.0 Å². The van der Waals surface area contributed by atoms with Crippen molar-refractivity contribution in [1.82, 2.24) is 0 Å². The number of phosphoric acid groups is 5. The fourth-order valence-electron chi connectivity index (χ4n) is 0. The van der Waals surface area contributed by atoms with E-state index in [1.807, 2.05) is 0 Å². The van der Waals surface area contributed by atoms with Gasteiger partial charge in [0.05, 0.1) is 0 Å². The Balaban J connectivity index is -0.0000000171. The molecule has 0 amide bonds. The molecule has 0 aromatic heterocycles. The van der Waals surface area contributed by atoms with Crippen LogP contribution in [0.3, 0.4) is 0 Å². The van der Waals surface area contributed by atoms with Crippen molar-refractivity contribution >= 4 is 39.1 Å². The van der Waals surface area contributed by atoms with Gasteiger partial charge in [0.15, 0.2) is 0 Å². The van der Waals surface area contributed by atoms with Gasteiger partial charge < -0.3 is 77.7 Å². The molecule has 0 unspecified atom stereocenters. The van der Waals surface area contributed by atoms with E-state index < -0.39 is 39.1 Å². The summed E-state index contributed by atoms with van der Waals surface area (Å²) in [5.41, 5.74) is 0. The van der Waals surface area contributed by atoms with Crippen molar-refractivity contribution in [2.75, 3.05) is 0 Å². The summed E-state index contributed by atoms with van der Waals surface area (Å²) in [7, 11) is -23.2. The summed E-state index contributed by atoms with van der Waals surface area (Å²) in [6, 6.07) is 0. The Morgan fingerprint density at radius 2 is 0.286 bits per heavy atom. The van der Waals surface area contributed by atoms with Crippen molar-refractivity contribution in [3.63, 3.8) is 0 Å². The van der Waals surface area contributed by atoms with Crippen molar-refractivity contribution in [1.29, 1.82) is 0 Å². The third kappa shape index (κ3) is 1910. The van der Waals surface area contributed by atoms with Gasteiger partial charge in [-0.3, -0.25) is 0 Å². The SMILES string of the molecule is O=P(O)(O)O.O=P(O)(O)O.O=P(O)(O)O.O=P(O)(O)O.O=P(O)(O)O.[H-].[H-].[H-].[Na+].[Na+].[Na+]. The van der Waals surface area contributed by atoms with Crippen LogP contribution in [0, 0.1) is 0 Å². The van der Waals surface area contributed by atoms with Crippen LogP contribution in [0.1, 0.15) is 4.28 Å². The monoisotopic (exact) mass is 562 g/mol. The zero-order valence-electron chi connectivity index (χ0n) is 17.0. The van der Waals surface area contributed by atoms with Crippen LogP contribution >= 0.6 is 39.1 Å². The molecule has 0 saturated carbocycles. The third-order valence-electron chi connectivity index (χ3n) is 0. The molecule has 0 radical (unpaired) electrons. The first-order chi connectivity index (χ1) is 10.0. The molecule has 0 fully saturated rings. The van der Waals surface area contributed by atoms with Gasteiger partial charge in [-0.25, -0.2) is 22.8 Å². The predicted molar refractivity (Wildman–Crippen MR) is 74.7 cm³/mol. The molecule has 0 atom stereocenters. The van der Waals surface area contributed by atoms with E-state index in [0.29, 0.717) is 0 Å². The summed E-state index contributed by atoms with van der Waals surface area (Å²) in [5, 5.41) is 0. The molecular weight excluding hydrogens is 544 g/mol. The van der Waals surface area contributed by atoms with Crippen molar-refractivity contribution < 1.29 is 189 Å². The second kappa shape index (κ2) is 23.7. The maximum atomic E-state index is 8.88. The first kappa shape index (κ1) is 53.1. The van der Waals surface area contributed by atoms with E-state index >= 15 is 0 Å². The maximum Gasteiger partial charge on any atom is 1.00 e. The molecule has 15 N–H and O–H groups in total. The molecule has 0 aliphatic heterocycles. The van der Waals surface area contributed by atoms with Crippen molar-refractivity contribution in [3.05, 3.63) is 0 Å². The minimum absolute atomic E-state index is 0. The average Bonchev–Trinajstić information content (AvgIpc) is 1.79. The molecule has 0 saturated heterocycles. The van der Waals surface area contributed by atoms with Crippen LogP contribution in [0.15, 0.2) is 0 Å². The summed E-state index contributed by atoms with van der Waals surface area (Å²) < 4.78 is 44.4. The van der Waals surface area contributed by atoms with Gasteiger partial charge in [-0.15, -0.1) is 0 Å². The molecule has 0 spiro atoms. The molecule has 0 heterocycles. The Kier molecular flexibility index (Phi) is 44.9. The zero-order valence-corrected chi connectivity index (χ0v) is 24.5. The summed E-state index contributed by atoms with van der Waals surface area (Å²) in [6.45, 7) is 0. The molecule has 0 aromatic carbocycles. The molecule has 28 heavy (non-hydrogen) atoms. The molecule has 0 aliphatic rings. The average molecular weight is 562 g/mol. The Labute approximate surface area is 226 Å². The van der Waals surface area contributed by atoms with Gasteiger partial charge >= 0.3 is 128 Å². The summed E-state index contributed by atoms with van der Waals surface area (Å²) in [6.07, 6.45) is 0. The topological polar surface area (TPSA) is 389 Å². The predicted octanol–water partition coefficient (Wildman–Crippen LogP) is -13.3. The Morgan fingerprint density at radius 3 is 0.286 bits per heavy atom. The fraction of sp³-hybridized carbons (Fsp3) is 0. The van der Waals surface area contributed by atoms with Gasteiger partial charge in [0.2, 0.25) is 0 Å². The van der Waals surface area contributed by atoms with Gasteiger partial charge in [-0.1, -0.05) is 0 Å². The van der Waals surface area contributed by atoms with Gasteiger partial charge in [-0.05, 0) is 0 Å². The van der Waals surface area contributed by atoms with Gasteiger partial charge in [0, 0.05) is 0 Å². The van der Waals surface area contributed by atoms with Crippen molar-refractivity contribution in [3.8, 4) is 0 Å². The Hall–Kier alpha value is 3.55. The normalized spacial score (nSPS) is 10.5.